The van der Waals surface area contributed by atoms with Gasteiger partial charge in [-0.15, -0.1) is 0 Å². The molecule has 1 aliphatic heterocycles. The number of methoxy groups -OCH3 is 2. The van der Waals surface area contributed by atoms with E-state index in [1.54, 1.807) is 42.3 Å². The van der Waals surface area contributed by atoms with Crippen LogP contribution in [-0.2, 0) is 0 Å². The molecule has 2 aromatic rings. The molecule has 0 unspecified atom stereocenters. The van der Waals surface area contributed by atoms with Gasteiger partial charge in [-0.1, -0.05) is 6.07 Å². The van der Waals surface area contributed by atoms with Crippen LogP contribution in [-0.4, -0.2) is 50.7 Å². The van der Waals surface area contributed by atoms with Gasteiger partial charge >= 0.3 is 6.03 Å². The summed E-state index contributed by atoms with van der Waals surface area (Å²) in [6, 6.07) is 10.7. The van der Waals surface area contributed by atoms with Crippen LogP contribution >= 0.6 is 0 Å². The van der Waals surface area contributed by atoms with Crippen LogP contribution in [0.25, 0.3) is 0 Å². The first-order valence-electron chi connectivity index (χ1n) is 10.3. The van der Waals surface area contributed by atoms with Crippen LogP contribution in [0.2, 0.25) is 0 Å². The molecule has 3 amide bonds. The molecule has 1 aliphatic rings. The summed E-state index contributed by atoms with van der Waals surface area (Å²) < 4.78 is 23.7. The van der Waals surface area contributed by atoms with Crippen molar-refractivity contribution >= 4 is 17.6 Å². The number of nitrogens with one attached hydrogen (secondary N) is 2. The maximum atomic E-state index is 13.3. The first-order chi connectivity index (χ1) is 15.0. The van der Waals surface area contributed by atoms with E-state index < -0.39 is 0 Å². The quantitative estimate of drug-likeness (QED) is 0.700. The average Bonchev–Trinajstić information content (AvgIpc) is 2.79. The minimum absolute atomic E-state index is 0.159. The van der Waals surface area contributed by atoms with E-state index in [2.05, 4.69) is 10.6 Å². The van der Waals surface area contributed by atoms with Crippen molar-refractivity contribution < 1.29 is 23.5 Å². The summed E-state index contributed by atoms with van der Waals surface area (Å²) in [5, 5.41) is 5.68. The smallest absolute Gasteiger partial charge is 0.321 e. The van der Waals surface area contributed by atoms with Crippen molar-refractivity contribution in [3.63, 3.8) is 0 Å². The standard InChI is InChI=1S/C23H28FN3O4/c1-30-20-7-6-17(14-21(20)31-2)22(28)25-11-8-16-9-12-27(13-10-16)23(29)26-19-5-3-4-18(24)15-19/h3-7,14-16H,8-13H2,1-2H3,(H,25,28)(H,26,29). The van der Waals surface area contributed by atoms with Crippen LogP contribution in [0.15, 0.2) is 42.5 Å². The monoisotopic (exact) mass is 429 g/mol. The second-order valence-corrected chi connectivity index (χ2v) is 7.49. The second-order valence-electron chi connectivity index (χ2n) is 7.49. The molecule has 0 aromatic heterocycles. The number of amides is 3. The Hall–Kier alpha value is -3.29. The number of hydrogen-bond acceptors (Lipinski definition) is 4. The molecular weight excluding hydrogens is 401 g/mol. The SMILES string of the molecule is COc1ccc(C(=O)NCCC2CCN(C(=O)Nc3cccc(F)c3)CC2)cc1OC. The predicted molar refractivity (Wildman–Crippen MR) is 116 cm³/mol. The van der Waals surface area contributed by atoms with E-state index >= 15 is 0 Å². The highest BCUT2D eigenvalue weighted by atomic mass is 19.1. The Kier molecular flexibility index (Phi) is 7.70. The van der Waals surface area contributed by atoms with Gasteiger partial charge < -0.3 is 25.0 Å². The van der Waals surface area contributed by atoms with Gasteiger partial charge in [0.2, 0.25) is 0 Å². The number of urea groups is 1. The van der Waals surface area contributed by atoms with Crippen molar-refractivity contribution in [1.82, 2.24) is 10.2 Å². The van der Waals surface area contributed by atoms with Gasteiger partial charge in [0.1, 0.15) is 5.82 Å². The number of ether oxygens (including phenoxy) is 2. The third kappa shape index (κ3) is 6.10. The minimum Gasteiger partial charge on any atom is -0.493 e. The highest BCUT2D eigenvalue weighted by Crippen LogP contribution is 2.27. The highest BCUT2D eigenvalue weighted by Gasteiger charge is 2.23. The topological polar surface area (TPSA) is 79.9 Å². The normalized spacial score (nSPS) is 14.1. The maximum Gasteiger partial charge on any atom is 0.321 e. The summed E-state index contributed by atoms with van der Waals surface area (Å²) in [5.41, 5.74) is 0.964. The summed E-state index contributed by atoms with van der Waals surface area (Å²) in [6.07, 6.45) is 2.57. The van der Waals surface area contributed by atoms with Gasteiger partial charge in [0.05, 0.1) is 14.2 Å². The Morgan fingerprint density at radius 3 is 2.48 bits per heavy atom. The largest absolute Gasteiger partial charge is 0.493 e. The van der Waals surface area contributed by atoms with Crippen LogP contribution in [0, 0.1) is 11.7 Å². The Morgan fingerprint density at radius 1 is 1.06 bits per heavy atom. The number of nitrogens with zero attached hydrogens (tertiary/aromatic N) is 1. The fourth-order valence-corrected chi connectivity index (χ4v) is 3.66. The van der Waals surface area contributed by atoms with E-state index in [1.165, 1.54) is 19.2 Å². The summed E-state index contributed by atoms with van der Waals surface area (Å²) in [4.78, 5) is 26.5. The van der Waals surface area contributed by atoms with Crippen molar-refractivity contribution in [1.29, 1.82) is 0 Å². The molecule has 2 aromatic carbocycles. The van der Waals surface area contributed by atoms with Crippen molar-refractivity contribution in [2.75, 3.05) is 39.2 Å². The van der Waals surface area contributed by atoms with E-state index in [4.69, 9.17) is 9.47 Å². The lowest BCUT2D eigenvalue weighted by Gasteiger charge is -2.32. The zero-order valence-electron chi connectivity index (χ0n) is 17.8. The molecule has 0 bridgehead atoms. The summed E-state index contributed by atoms with van der Waals surface area (Å²) >= 11 is 0. The molecule has 2 N–H and O–H groups in total. The number of carbonyl (C=O) groups excluding carboxylic acids is 2. The molecule has 1 fully saturated rings. The lowest BCUT2D eigenvalue weighted by molar-refractivity contribution is 0.0949. The molecule has 166 valence electrons. The number of hydrogen-bond donors (Lipinski definition) is 2. The molecule has 8 heteroatoms. The molecule has 1 heterocycles. The number of likely N-dealkylation sites (tertiary alicyclic amines) is 1. The predicted octanol–water partition coefficient (Wildman–Crippen LogP) is 3.91. The number of anilines is 1. The van der Waals surface area contributed by atoms with Gasteiger partial charge in [-0.05, 0) is 61.6 Å². The fraction of sp³-hybridized carbons (Fsp3) is 0.391. The molecule has 1 saturated heterocycles. The van der Waals surface area contributed by atoms with Crippen molar-refractivity contribution in [3.05, 3.63) is 53.8 Å². The third-order valence-electron chi connectivity index (χ3n) is 5.46. The van der Waals surface area contributed by atoms with Crippen molar-refractivity contribution in [2.45, 2.75) is 19.3 Å². The number of benzene rings is 2. The van der Waals surface area contributed by atoms with Crippen LogP contribution in [0.4, 0.5) is 14.9 Å². The molecule has 7 nitrogen and oxygen atoms in total. The van der Waals surface area contributed by atoms with Crippen LogP contribution in [0.1, 0.15) is 29.6 Å². The molecule has 31 heavy (non-hydrogen) atoms. The van der Waals surface area contributed by atoms with Crippen LogP contribution in [0.3, 0.4) is 0 Å². The minimum atomic E-state index is -0.383. The first kappa shape index (κ1) is 22.4. The Labute approximate surface area is 181 Å². The first-order valence-corrected chi connectivity index (χ1v) is 10.3. The van der Waals surface area contributed by atoms with Crippen molar-refractivity contribution in [2.24, 2.45) is 5.92 Å². The second kappa shape index (κ2) is 10.7. The van der Waals surface area contributed by atoms with Gasteiger partial charge in [-0.2, -0.15) is 0 Å². The molecule has 0 aliphatic carbocycles. The molecule has 0 atom stereocenters. The molecular formula is C23H28FN3O4. The van der Waals surface area contributed by atoms with Gasteiger partial charge in [-0.25, -0.2) is 9.18 Å². The van der Waals surface area contributed by atoms with E-state index in [-0.39, 0.29) is 17.8 Å². The van der Waals surface area contributed by atoms with Gasteiger partial charge in [0.15, 0.2) is 11.5 Å². The number of halogens is 1. The number of piperidine rings is 1. The molecule has 0 spiro atoms. The van der Waals surface area contributed by atoms with Gasteiger partial charge in [0, 0.05) is 30.9 Å². The zero-order valence-corrected chi connectivity index (χ0v) is 17.8. The third-order valence-corrected chi connectivity index (χ3v) is 5.46. The highest BCUT2D eigenvalue weighted by molar-refractivity contribution is 5.94. The van der Waals surface area contributed by atoms with E-state index in [9.17, 15) is 14.0 Å². The Balaban J connectivity index is 1.40. The summed E-state index contributed by atoms with van der Waals surface area (Å²) in [5.74, 6) is 0.981. The van der Waals surface area contributed by atoms with Gasteiger partial charge in [0.25, 0.3) is 5.91 Å². The number of carbonyl (C=O) groups is 2. The lowest BCUT2D eigenvalue weighted by Crippen LogP contribution is -2.41. The van der Waals surface area contributed by atoms with Crippen LogP contribution in [0.5, 0.6) is 11.5 Å². The van der Waals surface area contributed by atoms with E-state index in [0.29, 0.717) is 48.3 Å². The van der Waals surface area contributed by atoms with Gasteiger partial charge in [-0.3, -0.25) is 4.79 Å². The summed E-state index contributed by atoms with van der Waals surface area (Å²) in [6.45, 7) is 1.83. The molecule has 0 radical (unpaired) electrons. The summed E-state index contributed by atoms with van der Waals surface area (Å²) in [7, 11) is 3.08. The molecule has 0 saturated carbocycles. The number of rotatable bonds is 7. The fourth-order valence-electron chi connectivity index (χ4n) is 3.66. The van der Waals surface area contributed by atoms with E-state index in [1.807, 2.05) is 0 Å². The van der Waals surface area contributed by atoms with Crippen molar-refractivity contribution in [3.8, 4) is 11.5 Å². The maximum absolute atomic E-state index is 13.3. The van der Waals surface area contributed by atoms with Crippen LogP contribution < -0.4 is 20.1 Å². The average molecular weight is 429 g/mol. The molecule has 3 rings (SSSR count). The Bertz CT molecular complexity index is 913. The lowest BCUT2D eigenvalue weighted by atomic mass is 9.93. The van der Waals surface area contributed by atoms with E-state index in [0.717, 1.165) is 19.3 Å². The zero-order chi connectivity index (χ0) is 22.2. The Morgan fingerprint density at radius 2 is 1.81 bits per heavy atom.